The Bertz CT molecular complexity index is 216. The summed E-state index contributed by atoms with van der Waals surface area (Å²) in [6.07, 6.45) is 2.17. The largest absolute Gasteiger partial charge is 3.00 e. The van der Waals surface area contributed by atoms with Gasteiger partial charge in [-0.25, -0.2) is 0 Å². The summed E-state index contributed by atoms with van der Waals surface area (Å²) in [4.78, 5) is 27.4. The predicted molar refractivity (Wildman–Crippen MR) is 45.6 cm³/mol. The molecule has 0 spiro atoms. The molecule has 0 aliphatic carbocycles. The van der Waals surface area contributed by atoms with Gasteiger partial charge < -0.3 is 29.7 Å². The standard InChI is InChI=1S/3C3H4O2.Ce/c3*1-2-3(4)5;/h3*2H,1H2,(H,4,5);/q;;;+3/p-3. The van der Waals surface area contributed by atoms with Crippen LogP contribution in [0.3, 0.4) is 0 Å². The Labute approximate surface area is 126 Å². The molecular weight excluding hydrogens is 344 g/mol. The van der Waals surface area contributed by atoms with E-state index >= 15 is 0 Å². The van der Waals surface area contributed by atoms with Crippen molar-refractivity contribution in [3.63, 3.8) is 0 Å². The van der Waals surface area contributed by atoms with E-state index in [0.717, 1.165) is 18.2 Å². The van der Waals surface area contributed by atoms with Crippen LogP contribution in [0.1, 0.15) is 0 Å². The van der Waals surface area contributed by atoms with Gasteiger partial charge in [0.05, 0.1) is 17.9 Å². The molecule has 85 valence electrons. The average Bonchev–Trinajstić information content (AvgIpc) is 2.19. The van der Waals surface area contributed by atoms with Gasteiger partial charge in [0, 0.05) is 0 Å². The number of hydrogen-bond acceptors (Lipinski definition) is 6. The third-order valence-corrected chi connectivity index (χ3v) is 0.500. The molecule has 7 heteroatoms. The zero-order valence-electron chi connectivity index (χ0n) is 8.30. The van der Waals surface area contributed by atoms with E-state index in [-0.39, 0.29) is 41.7 Å². The van der Waals surface area contributed by atoms with Gasteiger partial charge in [-0.1, -0.05) is 19.7 Å². The van der Waals surface area contributed by atoms with Crippen LogP contribution in [0.5, 0.6) is 0 Å². The molecule has 0 aliphatic rings. The van der Waals surface area contributed by atoms with Crippen molar-refractivity contribution in [2.45, 2.75) is 0 Å². The molecule has 0 amide bonds. The van der Waals surface area contributed by atoms with E-state index < -0.39 is 17.9 Å². The van der Waals surface area contributed by atoms with Crippen molar-refractivity contribution in [1.82, 2.24) is 0 Å². The Balaban J connectivity index is -0.0000000655. The van der Waals surface area contributed by atoms with Gasteiger partial charge in [-0.2, -0.15) is 0 Å². The Kier molecular flexibility index (Phi) is 29.7. The number of carbonyl (C=O) groups is 3. The Morgan fingerprint density at radius 2 is 0.750 bits per heavy atom. The maximum absolute atomic E-state index is 9.14. The minimum atomic E-state index is -1.23. The molecule has 0 unspecified atom stereocenters. The van der Waals surface area contributed by atoms with E-state index in [2.05, 4.69) is 19.7 Å². The summed E-state index contributed by atoms with van der Waals surface area (Å²) in [5, 5.41) is 27.4. The first kappa shape index (κ1) is 24.3. The number of carboxylic acids is 3. The first-order chi connectivity index (χ1) is 6.81. The van der Waals surface area contributed by atoms with Gasteiger partial charge in [0.25, 0.3) is 0 Å². The summed E-state index contributed by atoms with van der Waals surface area (Å²) in [5.74, 6) is -3.69. The molecule has 1 radical (unpaired) electrons. The minimum Gasteiger partial charge on any atom is -0.545 e. The van der Waals surface area contributed by atoms with Crippen molar-refractivity contribution in [1.29, 1.82) is 0 Å². The van der Waals surface area contributed by atoms with E-state index in [4.69, 9.17) is 29.7 Å². The fourth-order valence-electron chi connectivity index (χ4n) is 0. The summed E-state index contributed by atoms with van der Waals surface area (Å²) in [5.41, 5.74) is 0. The van der Waals surface area contributed by atoms with Gasteiger partial charge in [-0.15, -0.1) is 0 Å². The Hall–Kier alpha value is -0.993. The topological polar surface area (TPSA) is 120 Å². The molecule has 0 fully saturated rings. The molecule has 0 saturated heterocycles. The molecule has 0 aliphatic heterocycles. The van der Waals surface area contributed by atoms with Crippen molar-refractivity contribution >= 4 is 17.9 Å². The van der Waals surface area contributed by atoms with E-state index in [9.17, 15) is 0 Å². The van der Waals surface area contributed by atoms with E-state index in [1.807, 2.05) is 0 Å². The summed E-state index contributed by atoms with van der Waals surface area (Å²) < 4.78 is 0. The molecule has 0 rings (SSSR count). The first-order valence-corrected chi connectivity index (χ1v) is 3.32. The van der Waals surface area contributed by atoms with Crippen LogP contribution in [0.4, 0.5) is 0 Å². The predicted octanol–water partition coefficient (Wildman–Crippen LogP) is -3.23. The van der Waals surface area contributed by atoms with Crippen molar-refractivity contribution in [2.24, 2.45) is 0 Å². The Morgan fingerprint density at radius 1 is 0.688 bits per heavy atom. The van der Waals surface area contributed by atoms with Gasteiger partial charge >= 0.3 is 41.7 Å². The number of carboxylic acid groups (broad SMARTS) is 3. The maximum atomic E-state index is 9.14. The molecule has 16 heavy (non-hydrogen) atoms. The second-order valence-electron chi connectivity index (χ2n) is 1.57. The van der Waals surface area contributed by atoms with Crippen LogP contribution in [0.15, 0.2) is 38.0 Å². The van der Waals surface area contributed by atoms with Crippen LogP contribution in [-0.2, 0) is 14.4 Å². The molecule has 0 heterocycles. The van der Waals surface area contributed by atoms with Crippen molar-refractivity contribution < 1.29 is 71.5 Å². The molecule has 0 N–H and O–H groups in total. The monoisotopic (exact) mass is 353 g/mol. The minimum absolute atomic E-state index is 0. The number of aliphatic carboxylic acids is 3. The van der Waals surface area contributed by atoms with Crippen LogP contribution in [0.2, 0.25) is 0 Å². The zero-order chi connectivity index (χ0) is 12.9. The number of hydrogen-bond donors (Lipinski definition) is 0. The van der Waals surface area contributed by atoms with Crippen LogP contribution < -0.4 is 15.3 Å². The number of rotatable bonds is 3. The summed E-state index contributed by atoms with van der Waals surface area (Å²) in [6.45, 7) is 8.69. The van der Waals surface area contributed by atoms with Crippen molar-refractivity contribution in [3.05, 3.63) is 38.0 Å². The smallest absolute Gasteiger partial charge is 0.545 e. The van der Waals surface area contributed by atoms with Gasteiger partial charge in [-0.05, 0) is 18.2 Å². The third kappa shape index (κ3) is 74.8. The van der Waals surface area contributed by atoms with E-state index in [1.165, 1.54) is 0 Å². The second kappa shape index (κ2) is 19.6. The SMILES string of the molecule is C=CC(=O)[O-].C=CC(=O)[O-].C=CC(=O)[O-].[Ce+3]. The van der Waals surface area contributed by atoms with Crippen LogP contribution in [0, 0.1) is 41.7 Å². The van der Waals surface area contributed by atoms with Crippen LogP contribution in [0.25, 0.3) is 0 Å². The fourth-order valence-corrected chi connectivity index (χ4v) is 0. The molecule has 0 atom stereocenters. The molecule has 0 aromatic carbocycles. The average molecular weight is 353 g/mol. The van der Waals surface area contributed by atoms with Gasteiger partial charge in [0.1, 0.15) is 0 Å². The third-order valence-electron chi connectivity index (χ3n) is 0.500. The van der Waals surface area contributed by atoms with Crippen LogP contribution >= 0.6 is 0 Å². The Morgan fingerprint density at radius 3 is 0.750 bits per heavy atom. The summed E-state index contributed by atoms with van der Waals surface area (Å²) in [6, 6.07) is 0. The van der Waals surface area contributed by atoms with Gasteiger partial charge in [0.15, 0.2) is 0 Å². The van der Waals surface area contributed by atoms with Gasteiger partial charge in [-0.3, -0.25) is 0 Å². The first-order valence-electron chi connectivity index (χ1n) is 3.32. The number of carbonyl (C=O) groups excluding carboxylic acids is 3. The molecule has 0 bridgehead atoms. The quantitative estimate of drug-likeness (QED) is 0.492. The molecule has 0 saturated carbocycles. The van der Waals surface area contributed by atoms with Gasteiger partial charge in [0.2, 0.25) is 0 Å². The molecule has 0 aromatic rings. The molecular formula is C9H9CeO6. The molecule has 0 aromatic heterocycles. The van der Waals surface area contributed by atoms with Crippen molar-refractivity contribution in [3.8, 4) is 0 Å². The summed E-state index contributed by atoms with van der Waals surface area (Å²) >= 11 is 0. The van der Waals surface area contributed by atoms with Crippen LogP contribution in [-0.4, -0.2) is 17.9 Å². The van der Waals surface area contributed by atoms with E-state index in [1.54, 1.807) is 0 Å². The second-order valence-corrected chi connectivity index (χ2v) is 1.57. The van der Waals surface area contributed by atoms with Crippen molar-refractivity contribution in [2.75, 3.05) is 0 Å². The summed E-state index contributed by atoms with van der Waals surface area (Å²) in [7, 11) is 0. The normalized spacial score (nSPS) is 6.00. The zero-order valence-corrected chi connectivity index (χ0v) is 11.4. The fraction of sp³-hybridized carbons (Fsp3) is 0. The maximum Gasteiger partial charge on any atom is 3.00 e. The van der Waals surface area contributed by atoms with E-state index in [0.29, 0.717) is 0 Å². The molecule has 6 nitrogen and oxygen atoms in total.